The lowest BCUT2D eigenvalue weighted by Crippen LogP contribution is -2.02. The number of halogens is 2. The van der Waals surface area contributed by atoms with E-state index in [9.17, 15) is 4.39 Å². The number of aromatic nitrogens is 3. The lowest BCUT2D eigenvalue weighted by atomic mass is 10.1. The summed E-state index contributed by atoms with van der Waals surface area (Å²) in [6, 6.07) is 7.08. The van der Waals surface area contributed by atoms with Crippen LogP contribution in [0.1, 0.15) is 17.0 Å². The Morgan fingerprint density at radius 2 is 2.19 bits per heavy atom. The van der Waals surface area contributed by atoms with Crippen LogP contribution in [0.5, 0.6) is 0 Å². The van der Waals surface area contributed by atoms with E-state index in [1.807, 2.05) is 30.6 Å². The van der Waals surface area contributed by atoms with Gasteiger partial charge in [0.1, 0.15) is 10.8 Å². The SMILES string of the molecule is Cc1ccn(Cc2ccc(-c3nc(CCl)cs3)cc2F)n1. The van der Waals surface area contributed by atoms with E-state index in [-0.39, 0.29) is 5.82 Å². The van der Waals surface area contributed by atoms with Gasteiger partial charge >= 0.3 is 0 Å². The Kier molecular flexibility index (Phi) is 4.03. The van der Waals surface area contributed by atoms with Gasteiger partial charge in [0.25, 0.3) is 0 Å². The lowest BCUT2D eigenvalue weighted by molar-refractivity contribution is 0.584. The highest BCUT2D eigenvalue weighted by Crippen LogP contribution is 2.26. The minimum atomic E-state index is -0.247. The summed E-state index contributed by atoms with van der Waals surface area (Å²) >= 11 is 7.21. The third-order valence-electron chi connectivity index (χ3n) is 3.10. The largest absolute Gasteiger partial charge is 0.268 e. The molecule has 0 N–H and O–H groups in total. The standard InChI is InChI=1S/C15H13ClFN3S/c1-10-4-5-20(19-10)8-12-3-2-11(6-14(12)17)15-18-13(7-16)9-21-15/h2-6,9H,7-8H2,1H3. The van der Waals surface area contributed by atoms with Gasteiger partial charge in [-0.1, -0.05) is 12.1 Å². The van der Waals surface area contributed by atoms with Crippen LogP contribution in [0.25, 0.3) is 10.6 Å². The van der Waals surface area contributed by atoms with Gasteiger partial charge in [-0.15, -0.1) is 22.9 Å². The quantitative estimate of drug-likeness (QED) is 0.673. The summed E-state index contributed by atoms with van der Waals surface area (Å²) in [5.41, 5.74) is 3.11. The lowest BCUT2D eigenvalue weighted by Gasteiger charge is -2.05. The summed E-state index contributed by atoms with van der Waals surface area (Å²) in [6.07, 6.45) is 1.84. The van der Waals surface area contributed by atoms with Crippen LogP contribution in [0.3, 0.4) is 0 Å². The topological polar surface area (TPSA) is 30.7 Å². The zero-order chi connectivity index (χ0) is 14.8. The predicted molar refractivity (Wildman–Crippen MR) is 83.1 cm³/mol. The maximum atomic E-state index is 14.2. The normalized spacial score (nSPS) is 11.0. The molecule has 0 saturated heterocycles. The minimum absolute atomic E-state index is 0.247. The fraction of sp³-hybridized carbons (Fsp3) is 0.200. The van der Waals surface area contributed by atoms with Crippen LogP contribution in [-0.4, -0.2) is 14.8 Å². The molecule has 0 bridgehead atoms. The molecule has 21 heavy (non-hydrogen) atoms. The number of hydrogen-bond donors (Lipinski definition) is 0. The van der Waals surface area contributed by atoms with E-state index in [0.29, 0.717) is 18.0 Å². The second kappa shape index (κ2) is 5.95. The first-order valence-electron chi connectivity index (χ1n) is 6.45. The van der Waals surface area contributed by atoms with Gasteiger partial charge in [-0.25, -0.2) is 9.37 Å². The van der Waals surface area contributed by atoms with Crippen molar-refractivity contribution in [2.24, 2.45) is 0 Å². The maximum absolute atomic E-state index is 14.2. The fourth-order valence-electron chi connectivity index (χ4n) is 2.04. The molecule has 0 atom stereocenters. The molecule has 0 spiro atoms. The van der Waals surface area contributed by atoms with Gasteiger partial charge in [-0.2, -0.15) is 5.10 Å². The second-order valence-corrected chi connectivity index (χ2v) is 5.86. The number of nitrogens with zero attached hydrogens (tertiary/aromatic N) is 3. The molecule has 3 nitrogen and oxygen atoms in total. The average molecular weight is 322 g/mol. The highest BCUT2D eigenvalue weighted by Gasteiger charge is 2.09. The molecule has 0 aliphatic rings. The van der Waals surface area contributed by atoms with Crippen molar-refractivity contribution in [3.05, 3.63) is 58.6 Å². The predicted octanol–water partition coefficient (Wildman–Crippen LogP) is 4.24. The van der Waals surface area contributed by atoms with Crippen LogP contribution < -0.4 is 0 Å². The Labute approximate surface area is 131 Å². The van der Waals surface area contributed by atoms with E-state index in [4.69, 9.17) is 11.6 Å². The number of benzene rings is 1. The molecule has 0 unspecified atom stereocenters. The van der Waals surface area contributed by atoms with Crippen LogP contribution in [0, 0.1) is 12.7 Å². The zero-order valence-electron chi connectivity index (χ0n) is 11.4. The number of hydrogen-bond acceptors (Lipinski definition) is 3. The third kappa shape index (κ3) is 3.14. The Hall–Kier alpha value is -1.72. The monoisotopic (exact) mass is 321 g/mol. The first kappa shape index (κ1) is 14.2. The van der Waals surface area contributed by atoms with Crippen molar-refractivity contribution in [1.82, 2.24) is 14.8 Å². The molecule has 2 aromatic heterocycles. The van der Waals surface area contributed by atoms with Crippen molar-refractivity contribution >= 4 is 22.9 Å². The van der Waals surface area contributed by atoms with Gasteiger partial charge in [0, 0.05) is 22.7 Å². The molecule has 108 valence electrons. The molecular weight excluding hydrogens is 309 g/mol. The average Bonchev–Trinajstić information content (AvgIpc) is 3.10. The summed E-state index contributed by atoms with van der Waals surface area (Å²) in [6.45, 7) is 2.33. The Bertz CT molecular complexity index is 766. The van der Waals surface area contributed by atoms with E-state index in [2.05, 4.69) is 10.1 Å². The molecule has 0 aliphatic carbocycles. The van der Waals surface area contributed by atoms with E-state index < -0.39 is 0 Å². The van der Waals surface area contributed by atoms with Crippen molar-refractivity contribution in [2.75, 3.05) is 0 Å². The molecule has 0 saturated carbocycles. The van der Waals surface area contributed by atoms with Crippen LogP contribution in [0.15, 0.2) is 35.8 Å². The number of aryl methyl sites for hydroxylation is 1. The van der Waals surface area contributed by atoms with Gasteiger partial charge in [-0.3, -0.25) is 4.68 Å². The molecule has 2 heterocycles. The molecule has 3 rings (SSSR count). The summed E-state index contributed by atoms with van der Waals surface area (Å²) < 4.78 is 16.0. The number of alkyl halides is 1. The van der Waals surface area contributed by atoms with Gasteiger partial charge in [0.15, 0.2) is 0 Å². The Morgan fingerprint density at radius 1 is 1.33 bits per heavy atom. The van der Waals surface area contributed by atoms with Gasteiger partial charge in [-0.05, 0) is 19.1 Å². The Balaban J connectivity index is 1.85. The van der Waals surface area contributed by atoms with Crippen LogP contribution >= 0.6 is 22.9 Å². The maximum Gasteiger partial charge on any atom is 0.128 e. The summed E-state index contributed by atoms with van der Waals surface area (Å²) in [5, 5.41) is 6.94. The molecular formula is C15H13ClFN3S. The van der Waals surface area contributed by atoms with Crippen molar-refractivity contribution in [2.45, 2.75) is 19.3 Å². The minimum Gasteiger partial charge on any atom is -0.268 e. The van der Waals surface area contributed by atoms with Gasteiger partial charge < -0.3 is 0 Å². The molecule has 0 radical (unpaired) electrons. The summed E-state index contributed by atoms with van der Waals surface area (Å²) in [7, 11) is 0. The van der Waals surface area contributed by atoms with Crippen LogP contribution in [0.2, 0.25) is 0 Å². The van der Waals surface area contributed by atoms with E-state index in [0.717, 1.165) is 22.0 Å². The first-order valence-corrected chi connectivity index (χ1v) is 7.86. The van der Waals surface area contributed by atoms with Crippen molar-refractivity contribution < 1.29 is 4.39 Å². The third-order valence-corrected chi connectivity index (χ3v) is 4.31. The second-order valence-electron chi connectivity index (χ2n) is 4.74. The van der Waals surface area contributed by atoms with Crippen molar-refractivity contribution in [3.63, 3.8) is 0 Å². The van der Waals surface area contributed by atoms with Crippen LogP contribution in [-0.2, 0) is 12.4 Å². The smallest absolute Gasteiger partial charge is 0.128 e. The summed E-state index contributed by atoms with van der Waals surface area (Å²) in [5.74, 6) is 0.124. The van der Waals surface area contributed by atoms with Crippen molar-refractivity contribution in [1.29, 1.82) is 0 Å². The summed E-state index contributed by atoms with van der Waals surface area (Å²) in [4.78, 5) is 4.36. The fourth-order valence-corrected chi connectivity index (χ4v) is 3.08. The first-order chi connectivity index (χ1) is 10.2. The zero-order valence-corrected chi connectivity index (χ0v) is 13.0. The molecule has 1 aromatic carbocycles. The van der Waals surface area contributed by atoms with E-state index in [1.165, 1.54) is 17.4 Å². The highest BCUT2D eigenvalue weighted by molar-refractivity contribution is 7.13. The molecule has 0 fully saturated rings. The molecule has 0 aliphatic heterocycles. The number of thiazole rings is 1. The molecule has 0 amide bonds. The molecule has 3 aromatic rings. The van der Waals surface area contributed by atoms with E-state index in [1.54, 1.807) is 10.7 Å². The van der Waals surface area contributed by atoms with Crippen LogP contribution in [0.4, 0.5) is 4.39 Å². The van der Waals surface area contributed by atoms with Crippen molar-refractivity contribution in [3.8, 4) is 10.6 Å². The number of rotatable bonds is 4. The van der Waals surface area contributed by atoms with Gasteiger partial charge in [0.2, 0.25) is 0 Å². The molecule has 6 heteroatoms. The highest BCUT2D eigenvalue weighted by atomic mass is 35.5. The Morgan fingerprint density at radius 3 is 2.81 bits per heavy atom. The van der Waals surface area contributed by atoms with Gasteiger partial charge in [0.05, 0.1) is 23.8 Å². The van der Waals surface area contributed by atoms with E-state index >= 15 is 0 Å².